The highest BCUT2D eigenvalue weighted by Gasteiger charge is 2.05. The fourth-order valence-corrected chi connectivity index (χ4v) is 2.99. The van der Waals surface area contributed by atoms with Gasteiger partial charge in [0.05, 0.1) is 5.69 Å². The summed E-state index contributed by atoms with van der Waals surface area (Å²) in [6.07, 6.45) is 11.4. The molecule has 0 saturated heterocycles. The third-order valence-corrected chi connectivity index (χ3v) is 4.68. The molecule has 29 heavy (non-hydrogen) atoms. The zero-order valence-corrected chi connectivity index (χ0v) is 17.3. The Kier molecular flexibility index (Phi) is 10.6. The van der Waals surface area contributed by atoms with Crippen molar-refractivity contribution in [3.05, 3.63) is 54.3 Å². The molecule has 0 aromatic heterocycles. The number of carbonyl (C=O) groups is 1. The van der Waals surface area contributed by atoms with Crippen molar-refractivity contribution in [3.8, 4) is 5.75 Å². The standard InChI is InChI=1S/C24H31FN2O2/c1-2-3-4-5-6-7-8-9-10-15-24(28)29-21-18-16-20(17-19-21)26-27-23-14-12-11-13-22(23)25/h11-14,16-19H,2-10,15H2,1H3. The number of ether oxygens (including phenoxy) is 1. The molecule has 5 heteroatoms. The number of benzene rings is 2. The molecular formula is C24H31FN2O2. The molecule has 156 valence electrons. The predicted octanol–water partition coefficient (Wildman–Crippen LogP) is 8.07. The summed E-state index contributed by atoms with van der Waals surface area (Å²) < 4.78 is 18.9. The third-order valence-electron chi connectivity index (χ3n) is 4.68. The minimum atomic E-state index is -0.418. The van der Waals surface area contributed by atoms with Crippen molar-refractivity contribution < 1.29 is 13.9 Å². The SMILES string of the molecule is CCCCCCCCCCCC(=O)Oc1ccc(N=Nc2ccccc2F)cc1. The summed E-state index contributed by atoms with van der Waals surface area (Å²) in [4.78, 5) is 11.9. The van der Waals surface area contributed by atoms with Gasteiger partial charge >= 0.3 is 5.97 Å². The second kappa shape index (κ2) is 13.6. The van der Waals surface area contributed by atoms with Crippen LogP contribution in [-0.4, -0.2) is 5.97 Å². The largest absolute Gasteiger partial charge is 0.427 e. The van der Waals surface area contributed by atoms with E-state index in [2.05, 4.69) is 17.2 Å². The Bertz CT molecular complexity index is 760. The van der Waals surface area contributed by atoms with Crippen LogP contribution in [0.5, 0.6) is 5.75 Å². The van der Waals surface area contributed by atoms with Gasteiger partial charge in [-0.15, -0.1) is 5.11 Å². The smallest absolute Gasteiger partial charge is 0.311 e. The Hall–Kier alpha value is -2.56. The number of unbranched alkanes of at least 4 members (excludes halogenated alkanes) is 8. The second-order valence-corrected chi connectivity index (χ2v) is 7.20. The molecule has 0 amide bonds. The average molecular weight is 399 g/mol. The van der Waals surface area contributed by atoms with Crippen LogP contribution >= 0.6 is 0 Å². The minimum absolute atomic E-state index is 0.184. The lowest BCUT2D eigenvalue weighted by molar-refractivity contribution is -0.134. The first-order valence-corrected chi connectivity index (χ1v) is 10.7. The summed E-state index contributed by atoms with van der Waals surface area (Å²) in [5, 5.41) is 7.90. The highest BCUT2D eigenvalue weighted by molar-refractivity contribution is 5.72. The highest BCUT2D eigenvalue weighted by atomic mass is 19.1. The van der Waals surface area contributed by atoms with Crippen molar-refractivity contribution in [2.45, 2.75) is 71.1 Å². The van der Waals surface area contributed by atoms with E-state index in [0.29, 0.717) is 17.9 Å². The molecule has 0 fully saturated rings. The molecule has 0 aliphatic heterocycles. The Morgan fingerprint density at radius 1 is 0.828 bits per heavy atom. The Morgan fingerprint density at radius 2 is 1.45 bits per heavy atom. The molecule has 0 unspecified atom stereocenters. The van der Waals surface area contributed by atoms with Gasteiger partial charge in [0.2, 0.25) is 0 Å². The van der Waals surface area contributed by atoms with E-state index in [0.717, 1.165) is 12.8 Å². The molecule has 2 aromatic carbocycles. The van der Waals surface area contributed by atoms with E-state index in [-0.39, 0.29) is 11.7 Å². The van der Waals surface area contributed by atoms with Gasteiger partial charge in [-0.05, 0) is 42.8 Å². The lowest BCUT2D eigenvalue weighted by Crippen LogP contribution is -2.07. The Labute approximate surface area is 173 Å². The van der Waals surface area contributed by atoms with Gasteiger partial charge in [-0.25, -0.2) is 4.39 Å². The van der Waals surface area contributed by atoms with Crippen molar-refractivity contribution in [2.24, 2.45) is 10.2 Å². The number of nitrogens with zero attached hydrogens (tertiary/aromatic N) is 2. The van der Waals surface area contributed by atoms with Gasteiger partial charge in [0, 0.05) is 6.42 Å². The van der Waals surface area contributed by atoms with Crippen molar-refractivity contribution in [1.29, 1.82) is 0 Å². The zero-order valence-electron chi connectivity index (χ0n) is 17.3. The normalized spacial score (nSPS) is 11.1. The number of hydrogen-bond acceptors (Lipinski definition) is 4. The monoisotopic (exact) mass is 398 g/mol. The molecule has 0 spiro atoms. The maximum atomic E-state index is 13.5. The average Bonchev–Trinajstić information content (AvgIpc) is 2.73. The van der Waals surface area contributed by atoms with Crippen LogP contribution in [0.15, 0.2) is 58.8 Å². The molecule has 0 saturated carbocycles. The summed E-state index contributed by atoms with van der Waals surface area (Å²) in [6, 6.07) is 12.9. The molecule has 0 aliphatic rings. The Morgan fingerprint density at radius 3 is 2.10 bits per heavy atom. The Balaban J connectivity index is 1.63. The number of halogens is 1. The summed E-state index contributed by atoms with van der Waals surface area (Å²) >= 11 is 0. The third kappa shape index (κ3) is 9.46. The van der Waals surface area contributed by atoms with Crippen LogP contribution in [0.1, 0.15) is 71.1 Å². The van der Waals surface area contributed by atoms with E-state index in [4.69, 9.17) is 4.74 Å². The quantitative estimate of drug-likeness (QED) is 0.148. The molecular weight excluding hydrogens is 367 g/mol. The lowest BCUT2D eigenvalue weighted by atomic mass is 10.1. The molecule has 2 aromatic rings. The van der Waals surface area contributed by atoms with Gasteiger partial charge in [0.1, 0.15) is 11.4 Å². The van der Waals surface area contributed by atoms with Crippen LogP contribution in [0, 0.1) is 5.82 Å². The van der Waals surface area contributed by atoms with Crippen LogP contribution in [0.25, 0.3) is 0 Å². The highest BCUT2D eigenvalue weighted by Crippen LogP contribution is 2.23. The zero-order chi connectivity index (χ0) is 20.7. The molecule has 0 atom stereocenters. The van der Waals surface area contributed by atoms with Crippen LogP contribution in [-0.2, 0) is 4.79 Å². The van der Waals surface area contributed by atoms with Crippen LogP contribution in [0.4, 0.5) is 15.8 Å². The van der Waals surface area contributed by atoms with Crippen molar-refractivity contribution >= 4 is 17.3 Å². The van der Waals surface area contributed by atoms with Gasteiger partial charge in [0.25, 0.3) is 0 Å². The van der Waals surface area contributed by atoms with E-state index < -0.39 is 5.82 Å². The molecule has 0 heterocycles. The summed E-state index contributed by atoms with van der Waals surface area (Å²) in [5.41, 5.74) is 0.746. The maximum Gasteiger partial charge on any atom is 0.311 e. The molecule has 0 N–H and O–H groups in total. The fraction of sp³-hybridized carbons (Fsp3) is 0.458. The molecule has 2 rings (SSSR count). The number of rotatable bonds is 13. The number of hydrogen-bond donors (Lipinski definition) is 0. The van der Waals surface area contributed by atoms with Gasteiger partial charge < -0.3 is 4.74 Å². The molecule has 4 nitrogen and oxygen atoms in total. The first-order valence-electron chi connectivity index (χ1n) is 10.7. The van der Waals surface area contributed by atoms with E-state index in [1.165, 1.54) is 51.0 Å². The molecule has 0 radical (unpaired) electrons. The topological polar surface area (TPSA) is 51.0 Å². The number of azo groups is 1. The molecule has 0 bridgehead atoms. The van der Waals surface area contributed by atoms with E-state index in [9.17, 15) is 9.18 Å². The lowest BCUT2D eigenvalue weighted by Gasteiger charge is -2.05. The van der Waals surface area contributed by atoms with Crippen LogP contribution in [0.2, 0.25) is 0 Å². The van der Waals surface area contributed by atoms with Gasteiger partial charge in [-0.3, -0.25) is 4.79 Å². The van der Waals surface area contributed by atoms with Crippen LogP contribution in [0.3, 0.4) is 0 Å². The maximum absolute atomic E-state index is 13.5. The molecule has 0 aliphatic carbocycles. The van der Waals surface area contributed by atoms with E-state index >= 15 is 0 Å². The van der Waals surface area contributed by atoms with Gasteiger partial charge in [-0.1, -0.05) is 70.4 Å². The van der Waals surface area contributed by atoms with Crippen molar-refractivity contribution in [3.63, 3.8) is 0 Å². The van der Waals surface area contributed by atoms with Crippen molar-refractivity contribution in [2.75, 3.05) is 0 Å². The predicted molar refractivity (Wildman–Crippen MR) is 114 cm³/mol. The van der Waals surface area contributed by atoms with Crippen LogP contribution < -0.4 is 4.74 Å². The summed E-state index contributed by atoms with van der Waals surface area (Å²) in [6.45, 7) is 2.23. The van der Waals surface area contributed by atoms with Crippen molar-refractivity contribution in [1.82, 2.24) is 0 Å². The van der Waals surface area contributed by atoms with Gasteiger partial charge in [-0.2, -0.15) is 5.11 Å². The first-order chi connectivity index (χ1) is 14.2. The first kappa shape index (κ1) is 22.7. The summed E-state index contributed by atoms with van der Waals surface area (Å²) in [5.74, 6) is -0.150. The summed E-state index contributed by atoms with van der Waals surface area (Å²) in [7, 11) is 0. The van der Waals surface area contributed by atoms with Gasteiger partial charge in [0.15, 0.2) is 5.82 Å². The fourth-order valence-electron chi connectivity index (χ4n) is 2.99. The van der Waals surface area contributed by atoms with E-state index in [1.807, 2.05) is 0 Å². The number of esters is 1. The van der Waals surface area contributed by atoms with E-state index in [1.54, 1.807) is 42.5 Å². The number of carbonyl (C=O) groups excluding carboxylic acids is 1. The minimum Gasteiger partial charge on any atom is -0.427 e. The second-order valence-electron chi connectivity index (χ2n) is 7.20.